The Kier molecular flexibility index (Phi) is 10.1. The smallest absolute Gasteiger partial charge is 0.292 e. The maximum atomic E-state index is 12.7. The molecule has 0 unspecified atom stereocenters. The Labute approximate surface area is 247 Å². The Balaban J connectivity index is 0.000000952. The molecule has 6 nitrogen and oxygen atoms in total. The van der Waals surface area contributed by atoms with Crippen molar-refractivity contribution in [3.05, 3.63) is 126 Å². The van der Waals surface area contributed by atoms with Gasteiger partial charge < -0.3 is 14.8 Å². The van der Waals surface area contributed by atoms with Crippen molar-refractivity contribution in [3.63, 3.8) is 0 Å². The van der Waals surface area contributed by atoms with Crippen LogP contribution in [0, 0.1) is 0 Å². The van der Waals surface area contributed by atoms with Crippen molar-refractivity contribution < 1.29 is 19.1 Å². The molecule has 0 spiro atoms. The molecule has 0 saturated heterocycles. The van der Waals surface area contributed by atoms with Gasteiger partial charge in [0.05, 0.1) is 7.11 Å². The largest absolute Gasteiger partial charge is 0.471 e. The van der Waals surface area contributed by atoms with Crippen LogP contribution in [-0.4, -0.2) is 31.0 Å². The number of hydrogen-bond donors (Lipinski definition) is 1. The first kappa shape index (κ1) is 30.0. The predicted octanol–water partition coefficient (Wildman–Crippen LogP) is 7.75. The number of rotatable bonds is 8. The summed E-state index contributed by atoms with van der Waals surface area (Å²) in [7, 11) is 1.31. The van der Waals surface area contributed by atoms with E-state index in [9.17, 15) is 4.79 Å². The number of nitrogens with zero attached hydrogens (tertiary/aromatic N) is 1. The minimum atomic E-state index is -0.174. The van der Waals surface area contributed by atoms with E-state index in [-0.39, 0.29) is 11.3 Å². The number of fused-ring (bicyclic) bond motifs is 1. The summed E-state index contributed by atoms with van der Waals surface area (Å²) in [6, 6.07) is 34.6. The van der Waals surface area contributed by atoms with Gasteiger partial charge in [0.2, 0.25) is 0 Å². The van der Waals surface area contributed by atoms with Crippen LogP contribution < -0.4 is 10.1 Å². The van der Waals surface area contributed by atoms with Gasteiger partial charge in [-0.3, -0.25) is 14.6 Å². The summed E-state index contributed by atoms with van der Waals surface area (Å²) in [5.41, 5.74) is 5.33. The van der Waals surface area contributed by atoms with Crippen LogP contribution in [0.3, 0.4) is 0 Å². The summed E-state index contributed by atoms with van der Waals surface area (Å²) in [6.45, 7) is 7.50. The zero-order chi connectivity index (χ0) is 30.0. The number of carbonyl (C=O) groups is 2. The number of amides is 1. The van der Waals surface area contributed by atoms with E-state index in [0.29, 0.717) is 18.7 Å². The van der Waals surface area contributed by atoms with E-state index in [1.165, 1.54) is 29.4 Å². The van der Waals surface area contributed by atoms with E-state index in [0.717, 1.165) is 28.7 Å². The first-order valence-corrected chi connectivity index (χ1v) is 13.8. The summed E-state index contributed by atoms with van der Waals surface area (Å²) >= 11 is 0. The molecule has 214 valence electrons. The Hall–Kier alpha value is -4.97. The standard InChI is InChI=1S/C34H32N2O2.C2H4O2/c1-34(2,3)29-14-17-30(18-15-29)38-31-16-13-27-22-32(36-23-28(27)21-31)33(37)35-20-19-24-9-11-26(12-10-24)25-7-5-4-6-8-25;1-4-2-3/h4-18,21-23H,19-20H2,1-3H3,(H,35,37);2H,1H3. The molecule has 5 aromatic rings. The van der Waals surface area contributed by atoms with E-state index >= 15 is 0 Å². The zero-order valence-corrected chi connectivity index (χ0v) is 24.5. The summed E-state index contributed by atoms with van der Waals surface area (Å²) < 4.78 is 9.91. The molecule has 0 atom stereocenters. The van der Waals surface area contributed by atoms with Gasteiger partial charge in [0.1, 0.15) is 17.2 Å². The fourth-order valence-corrected chi connectivity index (χ4v) is 4.37. The van der Waals surface area contributed by atoms with Crippen LogP contribution >= 0.6 is 0 Å². The number of hydrogen-bond acceptors (Lipinski definition) is 5. The molecular formula is C36H36N2O4. The SMILES string of the molecule is CC(C)(C)c1ccc(Oc2ccc3cc(C(=O)NCCc4ccc(-c5ccccc5)cc4)ncc3c2)cc1.COC=O. The number of methoxy groups -OCH3 is 1. The van der Waals surface area contributed by atoms with Crippen LogP contribution in [-0.2, 0) is 21.4 Å². The van der Waals surface area contributed by atoms with Crippen LogP contribution in [0.15, 0.2) is 109 Å². The highest BCUT2D eigenvalue weighted by molar-refractivity contribution is 5.96. The molecule has 42 heavy (non-hydrogen) atoms. The third kappa shape index (κ3) is 8.27. The highest BCUT2D eigenvalue weighted by atomic mass is 16.5. The molecule has 1 N–H and O–H groups in total. The van der Waals surface area contributed by atoms with Crippen molar-refractivity contribution >= 4 is 23.2 Å². The molecule has 1 aromatic heterocycles. The van der Waals surface area contributed by atoms with Gasteiger partial charge in [-0.2, -0.15) is 0 Å². The molecule has 0 aliphatic rings. The summed E-state index contributed by atoms with van der Waals surface area (Å²) in [5.74, 6) is 1.35. The van der Waals surface area contributed by atoms with Crippen LogP contribution in [0.4, 0.5) is 0 Å². The third-order valence-electron chi connectivity index (χ3n) is 6.74. The first-order chi connectivity index (χ1) is 20.3. The lowest BCUT2D eigenvalue weighted by atomic mass is 9.87. The van der Waals surface area contributed by atoms with Gasteiger partial charge in [-0.15, -0.1) is 0 Å². The van der Waals surface area contributed by atoms with Crippen molar-refractivity contribution in [1.82, 2.24) is 10.3 Å². The fraction of sp³-hybridized carbons (Fsp3) is 0.194. The summed E-state index contributed by atoms with van der Waals surface area (Å²) in [5, 5.41) is 4.85. The second-order valence-electron chi connectivity index (χ2n) is 10.9. The van der Waals surface area contributed by atoms with Gasteiger partial charge in [0, 0.05) is 18.1 Å². The molecule has 6 heteroatoms. The first-order valence-electron chi connectivity index (χ1n) is 13.8. The van der Waals surface area contributed by atoms with Gasteiger partial charge in [0.25, 0.3) is 12.4 Å². The number of aromatic nitrogens is 1. The maximum absolute atomic E-state index is 12.7. The zero-order valence-electron chi connectivity index (χ0n) is 24.5. The highest BCUT2D eigenvalue weighted by Gasteiger charge is 2.13. The van der Waals surface area contributed by atoms with E-state index < -0.39 is 0 Å². The number of carbonyl (C=O) groups excluding carboxylic acids is 2. The van der Waals surface area contributed by atoms with Gasteiger partial charge in [-0.05, 0) is 69.8 Å². The Morgan fingerprint density at radius 2 is 1.45 bits per heavy atom. The number of benzene rings is 4. The van der Waals surface area contributed by atoms with Crippen molar-refractivity contribution in [2.75, 3.05) is 13.7 Å². The minimum absolute atomic E-state index is 0.102. The maximum Gasteiger partial charge on any atom is 0.292 e. The van der Waals surface area contributed by atoms with E-state index in [4.69, 9.17) is 9.53 Å². The number of nitrogens with one attached hydrogen (secondary N) is 1. The predicted molar refractivity (Wildman–Crippen MR) is 168 cm³/mol. The summed E-state index contributed by atoms with van der Waals surface area (Å²) in [4.78, 5) is 26.1. The van der Waals surface area contributed by atoms with E-state index in [1.54, 1.807) is 6.20 Å². The lowest BCUT2D eigenvalue weighted by Gasteiger charge is -2.19. The quantitative estimate of drug-likeness (QED) is 0.196. The minimum Gasteiger partial charge on any atom is -0.471 e. The average molecular weight is 561 g/mol. The third-order valence-corrected chi connectivity index (χ3v) is 6.74. The van der Waals surface area contributed by atoms with Crippen LogP contribution in [0.2, 0.25) is 0 Å². The van der Waals surface area contributed by atoms with Crippen LogP contribution in [0.5, 0.6) is 11.5 Å². The molecule has 1 amide bonds. The molecular weight excluding hydrogens is 524 g/mol. The lowest BCUT2D eigenvalue weighted by Crippen LogP contribution is -2.26. The average Bonchev–Trinajstić information content (AvgIpc) is 3.01. The second-order valence-corrected chi connectivity index (χ2v) is 10.9. The van der Waals surface area contributed by atoms with E-state index in [1.807, 2.05) is 54.6 Å². The molecule has 0 aliphatic carbocycles. The highest BCUT2D eigenvalue weighted by Crippen LogP contribution is 2.29. The Bertz CT molecular complexity index is 1610. The molecule has 0 bridgehead atoms. The molecule has 0 radical (unpaired) electrons. The monoisotopic (exact) mass is 560 g/mol. The van der Waals surface area contributed by atoms with Gasteiger partial charge in [0.15, 0.2) is 0 Å². The van der Waals surface area contributed by atoms with Crippen molar-refractivity contribution in [2.45, 2.75) is 32.6 Å². The van der Waals surface area contributed by atoms with Crippen molar-refractivity contribution in [1.29, 1.82) is 0 Å². The van der Waals surface area contributed by atoms with E-state index in [2.05, 4.69) is 84.3 Å². The van der Waals surface area contributed by atoms with Crippen LogP contribution in [0.1, 0.15) is 42.4 Å². The molecule has 5 rings (SSSR count). The number of pyridine rings is 1. The molecule has 0 saturated carbocycles. The fourth-order valence-electron chi connectivity index (χ4n) is 4.37. The normalized spacial score (nSPS) is 10.8. The van der Waals surface area contributed by atoms with Gasteiger partial charge >= 0.3 is 0 Å². The summed E-state index contributed by atoms with van der Waals surface area (Å²) in [6.07, 6.45) is 2.48. The van der Waals surface area contributed by atoms with Gasteiger partial charge in [-0.25, -0.2) is 0 Å². The number of ether oxygens (including phenoxy) is 2. The van der Waals surface area contributed by atoms with Crippen molar-refractivity contribution in [2.24, 2.45) is 0 Å². The molecule has 1 heterocycles. The molecule has 0 fully saturated rings. The topological polar surface area (TPSA) is 77.5 Å². The molecule has 4 aromatic carbocycles. The van der Waals surface area contributed by atoms with Crippen LogP contribution in [0.25, 0.3) is 21.9 Å². The van der Waals surface area contributed by atoms with Crippen molar-refractivity contribution in [3.8, 4) is 22.6 Å². The lowest BCUT2D eigenvalue weighted by molar-refractivity contribution is -0.126. The Morgan fingerprint density at radius 1 is 0.810 bits per heavy atom. The molecule has 0 aliphatic heterocycles. The Morgan fingerprint density at radius 3 is 2.10 bits per heavy atom. The van der Waals surface area contributed by atoms with Gasteiger partial charge in [-0.1, -0.05) is 93.6 Å². The second kappa shape index (κ2) is 14.1.